The van der Waals surface area contributed by atoms with Gasteiger partial charge in [-0.25, -0.2) is 8.78 Å². The Morgan fingerprint density at radius 3 is 2.35 bits per heavy atom. The minimum atomic E-state index is -1.09. The van der Waals surface area contributed by atoms with Gasteiger partial charge in [-0.05, 0) is 44.4 Å². The molecule has 126 valence electrons. The largest absolute Gasteiger partial charge is 0.391 e. The number of benzene rings is 1. The second-order valence-electron chi connectivity index (χ2n) is 5.90. The fourth-order valence-corrected chi connectivity index (χ4v) is 2.19. The molecule has 5 nitrogen and oxygen atoms in total. The zero-order valence-electron chi connectivity index (χ0n) is 13.0. The molecule has 2 amide bonds. The quantitative estimate of drug-likeness (QED) is 0.740. The molecular weight excluding hydrogens is 306 g/mol. The van der Waals surface area contributed by atoms with Crippen molar-refractivity contribution in [1.82, 2.24) is 10.6 Å². The minimum absolute atomic E-state index is 0.0901. The molecule has 1 aliphatic carbocycles. The molecule has 0 aromatic heterocycles. The van der Waals surface area contributed by atoms with Gasteiger partial charge in [0.05, 0.1) is 12.1 Å². The molecule has 1 fully saturated rings. The van der Waals surface area contributed by atoms with Crippen molar-refractivity contribution in [3.63, 3.8) is 0 Å². The summed E-state index contributed by atoms with van der Waals surface area (Å²) in [6.45, 7) is 3.01. The van der Waals surface area contributed by atoms with Gasteiger partial charge in [0.15, 0.2) is 11.6 Å². The molecule has 0 heterocycles. The third-order valence-electron chi connectivity index (χ3n) is 3.81. The number of hydrogen-bond donors (Lipinski definition) is 3. The highest BCUT2D eigenvalue weighted by Crippen LogP contribution is 2.29. The van der Waals surface area contributed by atoms with Crippen LogP contribution in [-0.2, 0) is 9.59 Å². The third-order valence-corrected chi connectivity index (χ3v) is 3.81. The molecule has 1 aromatic rings. The molecule has 0 saturated heterocycles. The maximum absolute atomic E-state index is 13.2. The number of rotatable bonds is 6. The maximum atomic E-state index is 13.2. The van der Waals surface area contributed by atoms with Crippen LogP contribution in [0.15, 0.2) is 18.2 Å². The first-order valence-electron chi connectivity index (χ1n) is 7.53. The first-order chi connectivity index (χ1) is 10.8. The molecule has 0 unspecified atom stereocenters. The van der Waals surface area contributed by atoms with Crippen molar-refractivity contribution in [3.8, 4) is 0 Å². The molecule has 0 aliphatic heterocycles. The molecular formula is C16H20F2N2O3. The van der Waals surface area contributed by atoms with Crippen molar-refractivity contribution >= 4 is 11.8 Å². The zero-order chi connectivity index (χ0) is 17.1. The average molecular weight is 326 g/mol. The molecule has 1 aliphatic rings. The first-order valence-corrected chi connectivity index (χ1v) is 7.53. The summed E-state index contributed by atoms with van der Waals surface area (Å²) in [5.74, 6) is -2.89. The molecule has 0 radical (unpaired) electrons. The summed E-state index contributed by atoms with van der Waals surface area (Å²) in [4.78, 5) is 24.0. The van der Waals surface area contributed by atoms with E-state index in [4.69, 9.17) is 0 Å². The average Bonchev–Trinajstić information content (AvgIpc) is 3.31. The lowest BCUT2D eigenvalue weighted by Gasteiger charge is -2.23. The van der Waals surface area contributed by atoms with Crippen LogP contribution in [0.1, 0.15) is 38.3 Å². The number of nitrogens with one attached hydrogen (secondary N) is 2. The fourth-order valence-electron chi connectivity index (χ4n) is 2.19. The summed E-state index contributed by atoms with van der Waals surface area (Å²) in [7, 11) is 0. The second-order valence-corrected chi connectivity index (χ2v) is 5.90. The van der Waals surface area contributed by atoms with E-state index in [1.54, 1.807) is 6.92 Å². The minimum Gasteiger partial charge on any atom is -0.391 e. The normalized spacial score (nSPS) is 18.0. The molecule has 7 heteroatoms. The van der Waals surface area contributed by atoms with Crippen LogP contribution in [0.2, 0.25) is 0 Å². The van der Waals surface area contributed by atoms with Gasteiger partial charge >= 0.3 is 0 Å². The molecule has 0 spiro atoms. The first kappa shape index (κ1) is 17.3. The standard InChI is InChI=1S/C16H20F2N2O3/c1-8(11-5-6-12(17)13(18)7-11)19-16(23)14(9(2)21)20-15(22)10-3-4-10/h5-10,14,21H,3-4H2,1-2H3,(H,19,23)(H,20,22)/t8-,9+,14-/m0/s1. The van der Waals surface area contributed by atoms with Crippen LogP contribution in [-0.4, -0.2) is 29.1 Å². The number of carbonyl (C=O) groups is 2. The Bertz CT molecular complexity index is 603. The van der Waals surface area contributed by atoms with Crippen molar-refractivity contribution in [2.24, 2.45) is 5.92 Å². The SMILES string of the molecule is C[C@H](NC(=O)[C@@H](NC(=O)C1CC1)[C@@H](C)O)c1ccc(F)c(F)c1. The van der Waals surface area contributed by atoms with Crippen molar-refractivity contribution < 1.29 is 23.5 Å². The summed E-state index contributed by atoms with van der Waals surface area (Å²) in [5.41, 5.74) is 0.384. The van der Waals surface area contributed by atoms with E-state index < -0.39 is 35.7 Å². The van der Waals surface area contributed by atoms with Gasteiger partial charge in [-0.2, -0.15) is 0 Å². The third kappa shape index (κ3) is 4.48. The number of halogens is 2. The van der Waals surface area contributed by atoms with Crippen LogP contribution in [0.3, 0.4) is 0 Å². The summed E-state index contributed by atoms with van der Waals surface area (Å²) < 4.78 is 26.2. The van der Waals surface area contributed by atoms with E-state index >= 15 is 0 Å². The van der Waals surface area contributed by atoms with E-state index in [-0.39, 0.29) is 11.8 Å². The molecule has 0 bridgehead atoms. The van der Waals surface area contributed by atoms with Crippen molar-refractivity contribution in [1.29, 1.82) is 0 Å². The molecule has 3 N–H and O–H groups in total. The van der Waals surface area contributed by atoms with Gasteiger partial charge in [0.1, 0.15) is 6.04 Å². The summed E-state index contributed by atoms with van der Waals surface area (Å²) >= 11 is 0. The monoisotopic (exact) mass is 326 g/mol. The van der Waals surface area contributed by atoms with E-state index in [0.29, 0.717) is 5.56 Å². The fraction of sp³-hybridized carbons (Fsp3) is 0.500. The van der Waals surface area contributed by atoms with Crippen molar-refractivity contribution in [2.45, 2.75) is 44.9 Å². The zero-order valence-corrected chi connectivity index (χ0v) is 13.0. The lowest BCUT2D eigenvalue weighted by Crippen LogP contribution is -2.53. The molecule has 3 atom stereocenters. The highest BCUT2D eigenvalue weighted by atomic mass is 19.2. The van der Waals surface area contributed by atoms with Crippen LogP contribution < -0.4 is 10.6 Å². The Morgan fingerprint density at radius 1 is 1.17 bits per heavy atom. The van der Waals surface area contributed by atoms with Crippen LogP contribution in [0, 0.1) is 17.6 Å². The Hall–Kier alpha value is -2.02. The summed E-state index contributed by atoms with van der Waals surface area (Å²) in [5, 5.41) is 14.8. The lowest BCUT2D eigenvalue weighted by atomic mass is 10.1. The van der Waals surface area contributed by atoms with Crippen molar-refractivity contribution in [3.05, 3.63) is 35.4 Å². The number of amides is 2. The summed E-state index contributed by atoms with van der Waals surface area (Å²) in [6.07, 6.45) is 0.492. The van der Waals surface area contributed by atoms with E-state index in [9.17, 15) is 23.5 Å². The number of aliphatic hydroxyl groups is 1. The Labute approximate surface area is 133 Å². The van der Waals surface area contributed by atoms with Crippen LogP contribution >= 0.6 is 0 Å². The predicted molar refractivity (Wildman–Crippen MR) is 79.3 cm³/mol. The molecule has 23 heavy (non-hydrogen) atoms. The molecule has 2 rings (SSSR count). The second kappa shape index (κ2) is 7.04. The van der Waals surface area contributed by atoms with Gasteiger partial charge in [-0.1, -0.05) is 6.07 Å². The highest BCUT2D eigenvalue weighted by Gasteiger charge is 2.34. The smallest absolute Gasteiger partial charge is 0.245 e. The van der Waals surface area contributed by atoms with E-state index in [1.165, 1.54) is 13.0 Å². The molecule has 1 saturated carbocycles. The van der Waals surface area contributed by atoms with Gasteiger partial charge in [0.25, 0.3) is 0 Å². The highest BCUT2D eigenvalue weighted by molar-refractivity contribution is 5.89. The predicted octanol–water partition coefficient (Wildman–Crippen LogP) is 1.42. The summed E-state index contributed by atoms with van der Waals surface area (Å²) in [6, 6.07) is 1.66. The van der Waals surface area contributed by atoms with Gasteiger partial charge in [-0.15, -0.1) is 0 Å². The lowest BCUT2D eigenvalue weighted by molar-refractivity contribution is -0.132. The van der Waals surface area contributed by atoms with Gasteiger partial charge in [-0.3, -0.25) is 9.59 Å². The number of aliphatic hydroxyl groups excluding tert-OH is 1. The van der Waals surface area contributed by atoms with E-state index in [2.05, 4.69) is 10.6 Å². The van der Waals surface area contributed by atoms with Crippen LogP contribution in [0.5, 0.6) is 0 Å². The van der Waals surface area contributed by atoms with Gasteiger partial charge in [0, 0.05) is 5.92 Å². The van der Waals surface area contributed by atoms with Gasteiger partial charge in [0.2, 0.25) is 11.8 Å². The van der Waals surface area contributed by atoms with Crippen molar-refractivity contribution in [2.75, 3.05) is 0 Å². The van der Waals surface area contributed by atoms with E-state index in [0.717, 1.165) is 25.0 Å². The van der Waals surface area contributed by atoms with E-state index in [1.807, 2.05) is 0 Å². The Balaban J connectivity index is 2.01. The Morgan fingerprint density at radius 2 is 1.83 bits per heavy atom. The maximum Gasteiger partial charge on any atom is 0.245 e. The topological polar surface area (TPSA) is 78.4 Å². The Kier molecular flexibility index (Phi) is 5.30. The molecule has 1 aromatic carbocycles. The number of hydrogen-bond acceptors (Lipinski definition) is 3. The van der Waals surface area contributed by atoms with Crippen LogP contribution in [0.25, 0.3) is 0 Å². The number of carbonyl (C=O) groups excluding carboxylic acids is 2. The van der Waals surface area contributed by atoms with Crippen LogP contribution in [0.4, 0.5) is 8.78 Å². The van der Waals surface area contributed by atoms with Gasteiger partial charge < -0.3 is 15.7 Å².